The molecule has 1 N–H and O–H groups in total. The first kappa shape index (κ1) is 68.6. The van der Waals surface area contributed by atoms with Gasteiger partial charge in [-0.2, -0.15) is 0 Å². The maximum atomic E-state index is 13.5. The first-order valence-electron chi connectivity index (χ1n) is 26.3. The van der Waals surface area contributed by atoms with Gasteiger partial charge in [0.2, 0.25) is 0 Å². The highest BCUT2D eigenvalue weighted by Crippen LogP contribution is 2.39. The number of aryl methyl sites for hydroxylation is 2. The summed E-state index contributed by atoms with van der Waals surface area (Å²) < 4.78 is 5.98. The lowest BCUT2D eigenvalue weighted by atomic mass is 9.67. The van der Waals surface area contributed by atoms with Crippen LogP contribution in [0.5, 0.6) is 0 Å². The van der Waals surface area contributed by atoms with Gasteiger partial charge in [-0.3, -0.25) is 14.4 Å². The Hall–Kier alpha value is -4.38. The average Bonchev–Trinajstić information content (AvgIpc) is 3.95. The van der Waals surface area contributed by atoms with Crippen LogP contribution in [0.2, 0.25) is 0 Å². The Morgan fingerprint density at radius 2 is 1.00 bits per heavy atom. The highest BCUT2D eigenvalue weighted by molar-refractivity contribution is 7.09. The molecule has 0 aromatic carbocycles. The van der Waals surface area contributed by atoms with Crippen LogP contribution in [0.25, 0.3) is 12.2 Å². The molecule has 73 heavy (non-hydrogen) atoms. The van der Waals surface area contributed by atoms with E-state index in [1.807, 2.05) is 144 Å². The maximum absolute atomic E-state index is 13.5. The third kappa shape index (κ3) is 24.2. The fourth-order valence-corrected chi connectivity index (χ4v) is 9.43. The molecule has 0 aliphatic carbocycles. The molecule has 2 rings (SSSR count). The van der Waals surface area contributed by atoms with Gasteiger partial charge < -0.3 is 14.6 Å². The number of rotatable bonds is 29. The zero-order valence-electron chi connectivity index (χ0n) is 48.8. The SMILES string of the molecule is C=C/C(C)=C\C[C@H](O)/C(C)=C/c1csc(C)n1.C=CC[C@H](C)[C@H](C)[C@@H](C)C(=O)C(C)(C)[C@@H](C)CC(=O)O[C@@H](C/C=C(/C)C=C)/C(C)=C/c1csc(C)n1.C=CC[C@H](C)[C@H](C)[C@@H](C)C(=O)C(C)(C)[C@@H](C)CC(C)=O. The summed E-state index contributed by atoms with van der Waals surface area (Å²) in [6.07, 6.45) is 18.1. The molecular weight excluding hydrogens is 945 g/mol. The summed E-state index contributed by atoms with van der Waals surface area (Å²) in [7, 11) is 0. The molecule has 0 bridgehead atoms. The summed E-state index contributed by atoms with van der Waals surface area (Å²) in [4.78, 5) is 59.5. The van der Waals surface area contributed by atoms with E-state index in [4.69, 9.17) is 4.74 Å². The lowest BCUT2D eigenvalue weighted by Crippen LogP contribution is -2.40. The molecule has 8 nitrogen and oxygen atoms in total. The van der Waals surface area contributed by atoms with Gasteiger partial charge in [0.1, 0.15) is 23.5 Å². The van der Waals surface area contributed by atoms with Crippen LogP contribution in [0.1, 0.15) is 178 Å². The van der Waals surface area contributed by atoms with E-state index in [1.54, 1.807) is 41.7 Å². The van der Waals surface area contributed by atoms with Crippen molar-refractivity contribution in [2.45, 2.75) is 182 Å². The summed E-state index contributed by atoms with van der Waals surface area (Å²) in [5.41, 5.74) is 4.68. The van der Waals surface area contributed by atoms with Crippen LogP contribution in [0.4, 0.5) is 0 Å². The summed E-state index contributed by atoms with van der Waals surface area (Å²) in [5, 5.41) is 16.0. The first-order valence-corrected chi connectivity index (χ1v) is 28.0. The van der Waals surface area contributed by atoms with Gasteiger partial charge in [-0.15, -0.1) is 35.8 Å². The Labute approximate surface area is 452 Å². The Morgan fingerprint density at radius 3 is 1.36 bits per heavy atom. The Balaban J connectivity index is 0.00000118. The van der Waals surface area contributed by atoms with Gasteiger partial charge in [0, 0.05) is 52.7 Å². The molecule has 0 aliphatic rings. The number of ketones is 3. The molecule has 0 saturated heterocycles. The fourth-order valence-electron chi connectivity index (χ4n) is 8.29. The molecular formula is C63H98N2O6S2. The molecule has 0 saturated carbocycles. The van der Waals surface area contributed by atoms with Gasteiger partial charge in [-0.25, -0.2) is 9.97 Å². The van der Waals surface area contributed by atoms with Crippen LogP contribution in [0.15, 0.2) is 95.8 Å². The first-order chi connectivity index (χ1) is 33.8. The molecule has 10 atom stereocenters. The number of aromatic nitrogens is 2. The van der Waals surface area contributed by atoms with Crippen molar-refractivity contribution >= 4 is 58.1 Å². The van der Waals surface area contributed by atoms with Gasteiger partial charge >= 0.3 is 5.97 Å². The molecule has 2 aromatic heterocycles. The number of ether oxygens (including phenoxy) is 1. The monoisotopic (exact) mass is 1040 g/mol. The Bertz CT molecular complexity index is 2230. The van der Waals surface area contributed by atoms with Crippen molar-refractivity contribution in [1.82, 2.24) is 9.97 Å². The molecule has 0 radical (unpaired) electrons. The second-order valence-electron chi connectivity index (χ2n) is 22.0. The molecule has 2 aromatic rings. The maximum Gasteiger partial charge on any atom is 0.306 e. The van der Waals surface area contributed by atoms with Crippen LogP contribution < -0.4 is 0 Å². The Kier molecular flexibility index (Phi) is 31.5. The third-order valence-electron chi connectivity index (χ3n) is 15.4. The van der Waals surface area contributed by atoms with Gasteiger partial charge in [0.25, 0.3) is 0 Å². The zero-order chi connectivity index (χ0) is 56.6. The van der Waals surface area contributed by atoms with Gasteiger partial charge in [-0.1, -0.05) is 144 Å². The van der Waals surface area contributed by atoms with Gasteiger partial charge in [0.05, 0.1) is 27.5 Å². The minimum Gasteiger partial charge on any atom is -0.457 e. The fraction of sp³-hybridized carbons (Fsp3) is 0.587. The third-order valence-corrected chi connectivity index (χ3v) is 17.0. The smallest absolute Gasteiger partial charge is 0.306 e. The number of carbonyl (C=O) groups excluding carboxylic acids is 4. The Morgan fingerprint density at radius 1 is 0.616 bits per heavy atom. The average molecular weight is 1040 g/mol. The highest BCUT2D eigenvalue weighted by Gasteiger charge is 2.41. The lowest BCUT2D eigenvalue weighted by Gasteiger charge is -2.35. The summed E-state index contributed by atoms with van der Waals surface area (Å²) in [6.45, 7) is 53.0. The number of hydrogen-bond acceptors (Lipinski definition) is 10. The zero-order valence-corrected chi connectivity index (χ0v) is 50.5. The van der Waals surface area contributed by atoms with Crippen molar-refractivity contribution in [3.63, 3.8) is 0 Å². The van der Waals surface area contributed by atoms with Crippen molar-refractivity contribution in [2.75, 3.05) is 0 Å². The van der Waals surface area contributed by atoms with Crippen molar-refractivity contribution in [3.05, 3.63) is 117 Å². The summed E-state index contributed by atoms with van der Waals surface area (Å²) in [5.74, 6) is 1.55. The number of carbonyl (C=O) groups is 4. The summed E-state index contributed by atoms with van der Waals surface area (Å²) in [6, 6.07) is 0. The van der Waals surface area contributed by atoms with Crippen molar-refractivity contribution in [2.24, 2.45) is 58.2 Å². The van der Waals surface area contributed by atoms with E-state index in [2.05, 4.69) is 64.0 Å². The summed E-state index contributed by atoms with van der Waals surface area (Å²) >= 11 is 3.21. The van der Waals surface area contributed by atoms with E-state index >= 15 is 0 Å². The van der Waals surface area contributed by atoms with E-state index in [0.717, 1.165) is 56.5 Å². The van der Waals surface area contributed by atoms with Crippen molar-refractivity contribution in [1.29, 1.82) is 0 Å². The van der Waals surface area contributed by atoms with E-state index in [-0.39, 0.29) is 59.3 Å². The molecule has 0 amide bonds. The molecule has 0 unspecified atom stereocenters. The number of aliphatic hydroxyl groups excluding tert-OH is 1. The van der Waals surface area contributed by atoms with E-state index in [1.165, 1.54) is 0 Å². The van der Waals surface area contributed by atoms with Gasteiger partial charge in [0.15, 0.2) is 0 Å². The quantitative estimate of drug-likeness (QED) is 0.0485. The van der Waals surface area contributed by atoms with Crippen LogP contribution in [-0.2, 0) is 23.9 Å². The second-order valence-corrected chi connectivity index (χ2v) is 24.1. The number of esters is 1. The van der Waals surface area contributed by atoms with Crippen LogP contribution in [-0.4, -0.2) is 50.6 Å². The number of allylic oxidation sites excluding steroid dienone is 6. The molecule has 408 valence electrons. The van der Waals surface area contributed by atoms with Crippen LogP contribution in [0.3, 0.4) is 0 Å². The standard InChI is InChI=1S/C31H47NO3S.C18H32O2.C14H19NOS/c1-12-14-21(4)24(7)25(8)30(34)31(10,11)23(6)18-29(33)35-28(16-15-20(3)13-2)22(5)17-27-19-36-26(9)32-27;1-9-10-12(2)15(5)16(6)17(20)18(7,8)13(3)11-14(4)19;1-5-10(2)6-7-14(16)11(3)8-13-9-17-12(4)15-13/h12-13,15,17,19,21,23-25,28H,1-2,14,16,18H2,3-11H3;9,12-13,15-16H,1,10-11H2,2-8H3;5-6,8-9,14,16H,1,7H2,2-4H3/b20-15-,22-17+;;10-6-,11-8+/t21-,23-,24-,25+,28-;12-,13-,15-,16+;14-/m000/s1. The van der Waals surface area contributed by atoms with E-state index < -0.39 is 23.0 Å². The predicted molar refractivity (Wildman–Crippen MR) is 314 cm³/mol. The van der Waals surface area contributed by atoms with Crippen molar-refractivity contribution in [3.8, 4) is 0 Å². The predicted octanol–water partition coefficient (Wildman–Crippen LogP) is 16.8. The van der Waals surface area contributed by atoms with Gasteiger partial charge in [-0.05, 0) is 127 Å². The normalized spacial score (nSPS) is 16.8. The van der Waals surface area contributed by atoms with E-state index in [0.29, 0.717) is 37.0 Å². The number of nitrogens with zero attached hydrogens (tertiary/aromatic N) is 2. The van der Waals surface area contributed by atoms with Crippen LogP contribution in [0, 0.1) is 72.0 Å². The second kappa shape index (κ2) is 33.5. The number of thiazole rings is 2. The number of aliphatic hydroxyl groups is 1. The molecule has 0 fully saturated rings. The largest absolute Gasteiger partial charge is 0.457 e. The lowest BCUT2D eigenvalue weighted by molar-refractivity contribution is -0.150. The molecule has 2 heterocycles. The minimum absolute atomic E-state index is 0.00866. The molecule has 10 heteroatoms. The topological polar surface area (TPSA) is 124 Å². The highest BCUT2D eigenvalue weighted by atomic mass is 32.1. The minimum atomic E-state index is -0.640. The molecule has 0 spiro atoms. The molecule has 0 aliphatic heterocycles. The van der Waals surface area contributed by atoms with Crippen LogP contribution >= 0.6 is 22.7 Å². The van der Waals surface area contributed by atoms with E-state index in [9.17, 15) is 24.3 Å². The van der Waals surface area contributed by atoms with Crippen molar-refractivity contribution < 1.29 is 29.0 Å². The number of hydrogen-bond donors (Lipinski definition) is 1. The number of Topliss-reactive ketones (excluding diaryl/α,β-unsaturated/α-hetero) is 3.